The number of rotatable bonds is 4. The highest BCUT2D eigenvalue weighted by atomic mass is 35.5. The molecule has 0 heterocycles. The zero-order valence-electron chi connectivity index (χ0n) is 11.7. The van der Waals surface area contributed by atoms with Crippen LogP contribution in [0.25, 0.3) is 0 Å². The molecule has 0 saturated heterocycles. The van der Waals surface area contributed by atoms with E-state index in [2.05, 4.69) is 26.0 Å². The topological polar surface area (TPSA) is 43.1 Å². The Labute approximate surface area is 124 Å². The molecule has 0 atom stereocenters. The SMILES string of the molecule is CC(C)c1ccc(CC(=O)c2ccc(N)c(Cl)c2)cc1. The maximum Gasteiger partial charge on any atom is 0.167 e. The first-order valence-electron chi connectivity index (χ1n) is 6.64. The summed E-state index contributed by atoms with van der Waals surface area (Å²) in [7, 11) is 0. The normalized spacial score (nSPS) is 10.8. The van der Waals surface area contributed by atoms with Crippen LogP contribution >= 0.6 is 11.6 Å². The molecule has 20 heavy (non-hydrogen) atoms. The summed E-state index contributed by atoms with van der Waals surface area (Å²) in [5.41, 5.74) is 9.01. The Morgan fingerprint density at radius 3 is 2.35 bits per heavy atom. The van der Waals surface area contributed by atoms with Gasteiger partial charge in [-0.25, -0.2) is 0 Å². The van der Waals surface area contributed by atoms with Crippen molar-refractivity contribution in [2.45, 2.75) is 26.2 Å². The minimum absolute atomic E-state index is 0.0456. The quantitative estimate of drug-likeness (QED) is 0.666. The van der Waals surface area contributed by atoms with Gasteiger partial charge >= 0.3 is 0 Å². The van der Waals surface area contributed by atoms with Crippen LogP contribution in [0.4, 0.5) is 5.69 Å². The summed E-state index contributed by atoms with van der Waals surface area (Å²) in [5.74, 6) is 0.542. The van der Waals surface area contributed by atoms with E-state index in [9.17, 15) is 4.79 Å². The average Bonchev–Trinajstić information content (AvgIpc) is 2.42. The van der Waals surface area contributed by atoms with Crippen LogP contribution in [0.1, 0.15) is 41.3 Å². The van der Waals surface area contributed by atoms with E-state index in [4.69, 9.17) is 17.3 Å². The summed E-state index contributed by atoms with van der Waals surface area (Å²) < 4.78 is 0. The molecule has 2 nitrogen and oxygen atoms in total. The predicted octanol–water partition coefficient (Wildman–Crippen LogP) is 4.47. The van der Waals surface area contributed by atoms with E-state index in [1.807, 2.05) is 12.1 Å². The molecule has 2 aromatic carbocycles. The highest BCUT2D eigenvalue weighted by Crippen LogP contribution is 2.21. The van der Waals surface area contributed by atoms with Crippen LogP contribution in [0.5, 0.6) is 0 Å². The van der Waals surface area contributed by atoms with Crippen molar-refractivity contribution in [1.82, 2.24) is 0 Å². The number of benzene rings is 2. The molecule has 0 fully saturated rings. The molecule has 2 aromatic rings. The Balaban J connectivity index is 2.12. The van der Waals surface area contributed by atoms with E-state index >= 15 is 0 Å². The van der Waals surface area contributed by atoms with Crippen molar-refractivity contribution < 1.29 is 4.79 Å². The number of Topliss-reactive ketones (excluding diaryl/α,β-unsaturated/α-hetero) is 1. The number of halogens is 1. The first-order chi connectivity index (χ1) is 9.47. The van der Waals surface area contributed by atoms with E-state index in [0.717, 1.165) is 5.56 Å². The number of carbonyl (C=O) groups excluding carboxylic acids is 1. The van der Waals surface area contributed by atoms with Gasteiger partial charge in [0.05, 0.1) is 10.7 Å². The second kappa shape index (κ2) is 6.10. The van der Waals surface area contributed by atoms with Crippen molar-refractivity contribution in [3.8, 4) is 0 Å². The van der Waals surface area contributed by atoms with Gasteiger partial charge in [0.1, 0.15) is 0 Å². The van der Waals surface area contributed by atoms with E-state index in [0.29, 0.717) is 28.6 Å². The smallest absolute Gasteiger partial charge is 0.167 e. The lowest BCUT2D eigenvalue weighted by atomic mass is 9.98. The molecule has 0 aliphatic carbocycles. The van der Waals surface area contributed by atoms with E-state index in [1.54, 1.807) is 18.2 Å². The molecular formula is C17H18ClNO. The third-order valence-corrected chi connectivity index (χ3v) is 3.66. The van der Waals surface area contributed by atoms with Crippen LogP contribution in [0.3, 0.4) is 0 Å². The standard InChI is InChI=1S/C17H18ClNO/c1-11(2)13-5-3-12(4-6-13)9-17(20)14-7-8-16(19)15(18)10-14/h3-8,10-11H,9,19H2,1-2H3. The minimum atomic E-state index is 0.0456. The largest absolute Gasteiger partial charge is 0.398 e. The van der Waals surface area contributed by atoms with Crippen LogP contribution in [-0.4, -0.2) is 5.78 Å². The van der Waals surface area contributed by atoms with Crippen molar-refractivity contribution in [3.63, 3.8) is 0 Å². The van der Waals surface area contributed by atoms with Crippen molar-refractivity contribution in [1.29, 1.82) is 0 Å². The van der Waals surface area contributed by atoms with Gasteiger partial charge in [-0.3, -0.25) is 4.79 Å². The lowest BCUT2D eigenvalue weighted by molar-refractivity contribution is 0.0993. The molecule has 3 heteroatoms. The Kier molecular flexibility index (Phi) is 4.46. The first kappa shape index (κ1) is 14.6. The van der Waals surface area contributed by atoms with Crippen molar-refractivity contribution >= 4 is 23.1 Å². The molecule has 0 saturated carbocycles. The minimum Gasteiger partial charge on any atom is -0.398 e. The summed E-state index contributed by atoms with van der Waals surface area (Å²) in [6.07, 6.45) is 0.374. The van der Waals surface area contributed by atoms with Gasteiger partial charge in [0.25, 0.3) is 0 Å². The van der Waals surface area contributed by atoms with Crippen molar-refractivity contribution in [2.75, 3.05) is 5.73 Å². The molecule has 0 aromatic heterocycles. The molecule has 2 rings (SSSR count). The first-order valence-corrected chi connectivity index (χ1v) is 7.02. The molecule has 0 spiro atoms. The second-order valence-electron chi connectivity index (χ2n) is 5.23. The van der Waals surface area contributed by atoms with Crippen LogP contribution in [0.2, 0.25) is 5.02 Å². The summed E-state index contributed by atoms with van der Waals surface area (Å²) in [6, 6.07) is 13.2. The monoisotopic (exact) mass is 287 g/mol. The Bertz CT molecular complexity index is 617. The fourth-order valence-electron chi connectivity index (χ4n) is 2.01. The number of nitrogen functional groups attached to an aromatic ring is 1. The Morgan fingerprint density at radius 2 is 1.80 bits per heavy atom. The summed E-state index contributed by atoms with van der Waals surface area (Å²) in [5, 5.41) is 0.422. The zero-order valence-corrected chi connectivity index (χ0v) is 12.4. The number of hydrogen-bond donors (Lipinski definition) is 1. The predicted molar refractivity (Wildman–Crippen MR) is 84.4 cm³/mol. The highest BCUT2D eigenvalue weighted by Gasteiger charge is 2.09. The average molecular weight is 288 g/mol. The fourth-order valence-corrected chi connectivity index (χ4v) is 2.19. The summed E-state index contributed by atoms with van der Waals surface area (Å²) >= 11 is 5.94. The van der Waals surface area contributed by atoms with Crippen LogP contribution in [0.15, 0.2) is 42.5 Å². The van der Waals surface area contributed by atoms with Crippen LogP contribution in [0, 0.1) is 0 Å². The molecule has 0 amide bonds. The van der Waals surface area contributed by atoms with Crippen molar-refractivity contribution in [2.24, 2.45) is 0 Å². The molecule has 0 radical (unpaired) electrons. The molecular weight excluding hydrogens is 270 g/mol. The van der Waals surface area contributed by atoms with Gasteiger partial charge in [-0.05, 0) is 35.2 Å². The number of anilines is 1. The second-order valence-corrected chi connectivity index (χ2v) is 5.64. The van der Waals surface area contributed by atoms with Gasteiger partial charge in [0, 0.05) is 12.0 Å². The molecule has 0 aliphatic heterocycles. The van der Waals surface area contributed by atoms with Crippen molar-refractivity contribution in [3.05, 3.63) is 64.2 Å². The third kappa shape index (κ3) is 3.40. The van der Waals surface area contributed by atoms with Gasteiger partial charge in [-0.1, -0.05) is 49.7 Å². The Hall–Kier alpha value is -1.80. The summed E-state index contributed by atoms with van der Waals surface area (Å²) in [6.45, 7) is 4.30. The summed E-state index contributed by atoms with van der Waals surface area (Å²) in [4.78, 5) is 12.2. The lowest BCUT2D eigenvalue weighted by Crippen LogP contribution is -2.04. The Morgan fingerprint density at radius 1 is 1.15 bits per heavy atom. The number of hydrogen-bond acceptors (Lipinski definition) is 2. The number of nitrogens with two attached hydrogens (primary N) is 1. The number of carbonyl (C=O) groups is 1. The maximum absolute atomic E-state index is 12.2. The van der Waals surface area contributed by atoms with E-state index in [-0.39, 0.29) is 5.78 Å². The molecule has 0 bridgehead atoms. The third-order valence-electron chi connectivity index (χ3n) is 3.33. The molecule has 0 unspecified atom stereocenters. The van der Waals surface area contributed by atoms with Gasteiger partial charge in [-0.2, -0.15) is 0 Å². The van der Waals surface area contributed by atoms with Gasteiger partial charge in [-0.15, -0.1) is 0 Å². The fraction of sp³-hybridized carbons (Fsp3) is 0.235. The molecule has 0 aliphatic rings. The van der Waals surface area contributed by atoms with Gasteiger partial charge < -0.3 is 5.73 Å². The van der Waals surface area contributed by atoms with Gasteiger partial charge in [0.2, 0.25) is 0 Å². The highest BCUT2D eigenvalue weighted by molar-refractivity contribution is 6.33. The maximum atomic E-state index is 12.2. The lowest BCUT2D eigenvalue weighted by Gasteiger charge is -2.07. The van der Waals surface area contributed by atoms with E-state index in [1.165, 1.54) is 5.56 Å². The molecule has 104 valence electrons. The van der Waals surface area contributed by atoms with Crippen LogP contribution < -0.4 is 5.73 Å². The molecule has 2 N–H and O–H groups in total. The van der Waals surface area contributed by atoms with E-state index < -0.39 is 0 Å². The van der Waals surface area contributed by atoms with Crippen LogP contribution in [-0.2, 0) is 6.42 Å². The van der Waals surface area contributed by atoms with Gasteiger partial charge in [0.15, 0.2) is 5.78 Å². The number of ketones is 1. The zero-order chi connectivity index (χ0) is 14.7.